The molecule has 3 aliphatic heterocycles. The minimum atomic E-state index is -1.24. The zero-order valence-corrected chi connectivity index (χ0v) is 42.8. The van der Waals surface area contributed by atoms with Crippen molar-refractivity contribution < 1.29 is 62.1 Å². The molecule has 77 heavy (non-hydrogen) atoms. The van der Waals surface area contributed by atoms with Gasteiger partial charge in [0.2, 0.25) is 17.7 Å². The van der Waals surface area contributed by atoms with E-state index in [1.165, 1.54) is 4.90 Å². The number of hydrogen-bond donors (Lipinski definition) is 3. The number of hydroxylamine groups is 2. The van der Waals surface area contributed by atoms with E-state index in [0.717, 1.165) is 54.7 Å². The summed E-state index contributed by atoms with van der Waals surface area (Å²) in [6.07, 6.45) is 2.25. The van der Waals surface area contributed by atoms with Gasteiger partial charge < -0.3 is 49.5 Å². The average Bonchev–Trinajstić information content (AvgIpc) is 4.16. The van der Waals surface area contributed by atoms with E-state index in [-0.39, 0.29) is 89.5 Å². The summed E-state index contributed by atoms with van der Waals surface area (Å²) in [5.74, 6) is -3.18. The van der Waals surface area contributed by atoms with Gasteiger partial charge in [-0.3, -0.25) is 38.7 Å². The second-order valence-corrected chi connectivity index (χ2v) is 18.9. The van der Waals surface area contributed by atoms with Crippen LogP contribution in [-0.2, 0) is 47.8 Å². The van der Waals surface area contributed by atoms with E-state index >= 15 is 0 Å². The lowest BCUT2D eigenvalue weighted by Crippen LogP contribution is -2.49. The molecular formula is C55H63N9O13. The SMILES string of the molecule is N#C[C@@H]1CCCN1C(=O)CNC(=O)c1ccnc2ccc(OCCCN3CCN(C(=O)CCOCCOCCNC(=O)C(CCC(=O)ON4C(=O)CCC4=O)NC(=O)OCC4c5ccccc5-c5ccccc54)CC3)cc12. The quantitative estimate of drug-likeness (QED) is 0.0635. The zero-order chi connectivity index (χ0) is 54.1. The number of amides is 7. The first-order chi connectivity index (χ1) is 37.5. The number of aromatic nitrogens is 1. The number of rotatable bonds is 25. The highest BCUT2D eigenvalue weighted by Crippen LogP contribution is 2.44. The predicted molar refractivity (Wildman–Crippen MR) is 275 cm³/mol. The van der Waals surface area contributed by atoms with Crippen molar-refractivity contribution in [3.63, 3.8) is 0 Å². The molecule has 3 N–H and O–H groups in total. The van der Waals surface area contributed by atoms with Crippen LogP contribution in [0.15, 0.2) is 79.0 Å². The summed E-state index contributed by atoms with van der Waals surface area (Å²) in [6.45, 7) is 4.90. The molecule has 4 heterocycles. The first-order valence-electron chi connectivity index (χ1n) is 26.1. The van der Waals surface area contributed by atoms with Gasteiger partial charge in [0, 0.05) is 76.2 Å². The minimum Gasteiger partial charge on any atom is -0.494 e. The molecule has 3 fully saturated rings. The number of ether oxygens (including phenoxy) is 4. The van der Waals surface area contributed by atoms with E-state index in [0.29, 0.717) is 59.9 Å². The maximum absolute atomic E-state index is 13.3. The zero-order valence-electron chi connectivity index (χ0n) is 42.8. The number of hydrogen-bond acceptors (Lipinski definition) is 16. The number of nitriles is 1. The monoisotopic (exact) mass is 1060 g/mol. The van der Waals surface area contributed by atoms with E-state index in [1.54, 1.807) is 30.5 Å². The molecule has 1 aliphatic carbocycles. The number of carbonyl (C=O) groups is 8. The number of nitrogens with one attached hydrogen (secondary N) is 3. The van der Waals surface area contributed by atoms with Gasteiger partial charge in [-0.2, -0.15) is 5.26 Å². The van der Waals surface area contributed by atoms with E-state index in [9.17, 15) is 43.6 Å². The number of piperazine rings is 1. The van der Waals surface area contributed by atoms with Crippen LogP contribution in [0, 0.1) is 11.3 Å². The van der Waals surface area contributed by atoms with Gasteiger partial charge in [-0.1, -0.05) is 48.5 Å². The summed E-state index contributed by atoms with van der Waals surface area (Å²) in [7, 11) is 0. The molecule has 7 amide bonds. The molecule has 3 aromatic carbocycles. The summed E-state index contributed by atoms with van der Waals surface area (Å²) in [6, 6.07) is 23.1. The Hall–Kier alpha value is -8.00. The van der Waals surface area contributed by atoms with Gasteiger partial charge in [0.15, 0.2) is 0 Å². The molecule has 1 unspecified atom stereocenters. The summed E-state index contributed by atoms with van der Waals surface area (Å²) in [5, 5.41) is 18.3. The lowest BCUT2D eigenvalue weighted by atomic mass is 9.98. The number of likely N-dealkylation sites (tertiary alicyclic amines) is 1. The van der Waals surface area contributed by atoms with Crippen molar-refractivity contribution in [2.45, 2.75) is 69.4 Å². The fourth-order valence-electron chi connectivity index (χ4n) is 9.79. The molecule has 4 aromatic rings. The molecule has 0 spiro atoms. The lowest BCUT2D eigenvalue weighted by molar-refractivity contribution is -0.197. The highest BCUT2D eigenvalue weighted by atomic mass is 16.7. The molecular weight excluding hydrogens is 995 g/mol. The molecule has 0 bridgehead atoms. The average molecular weight is 1060 g/mol. The van der Waals surface area contributed by atoms with Gasteiger partial charge in [0.1, 0.15) is 24.4 Å². The normalized spacial score (nSPS) is 16.6. The number of alkyl carbamates (subject to hydrolysis) is 1. The number of fused-ring (bicyclic) bond motifs is 4. The Labute approximate surface area is 445 Å². The minimum absolute atomic E-state index is 0.00243. The predicted octanol–water partition coefficient (Wildman–Crippen LogP) is 3.23. The fraction of sp³-hybridized carbons (Fsp3) is 0.455. The van der Waals surface area contributed by atoms with Crippen LogP contribution in [0.5, 0.6) is 5.75 Å². The van der Waals surface area contributed by atoms with Gasteiger partial charge in [-0.05, 0) is 72.2 Å². The first-order valence-corrected chi connectivity index (χ1v) is 26.1. The van der Waals surface area contributed by atoms with Crippen LogP contribution in [0.3, 0.4) is 0 Å². The van der Waals surface area contributed by atoms with Gasteiger partial charge in [-0.15, -0.1) is 5.06 Å². The smallest absolute Gasteiger partial charge is 0.407 e. The topological polar surface area (TPSA) is 268 Å². The van der Waals surface area contributed by atoms with Crippen LogP contribution < -0.4 is 20.7 Å². The van der Waals surface area contributed by atoms with E-state index < -0.39 is 54.2 Å². The second-order valence-electron chi connectivity index (χ2n) is 18.9. The van der Waals surface area contributed by atoms with Crippen LogP contribution in [0.4, 0.5) is 4.79 Å². The maximum atomic E-state index is 13.3. The molecule has 406 valence electrons. The Morgan fingerprint density at radius 2 is 1.49 bits per heavy atom. The third-order valence-electron chi connectivity index (χ3n) is 13.9. The molecule has 0 saturated carbocycles. The molecule has 0 radical (unpaired) electrons. The molecule has 1 aromatic heterocycles. The summed E-state index contributed by atoms with van der Waals surface area (Å²) in [5.41, 5.74) is 5.10. The molecule has 8 rings (SSSR count). The molecule has 22 heteroatoms. The van der Waals surface area contributed by atoms with Gasteiger partial charge in [-0.25, -0.2) is 9.59 Å². The Morgan fingerprint density at radius 3 is 2.22 bits per heavy atom. The molecule has 2 atom stereocenters. The van der Waals surface area contributed by atoms with Gasteiger partial charge in [0.05, 0.1) is 69.6 Å². The van der Waals surface area contributed by atoms with Crippen molar-refractivity contribution >= 4 is 58.4 Å². The first kappa shape index (κ1) is 55.2. The Kier molecular flexibility index (Phi) is 19.5. The number of imide groups is 1. The van der Waals surface area contributed by atoms with Crippen molar-refractivity contribution in [3.8, 4) is 22.9 Å². The highest BCUT2D eigenvalue weighted by molar-refractivity contribution is 6.07. The number of benzene rings is 3. The largest absolute Gasteiger partial charge is 0.494 e. The molecule has 4 aliphatic rings. The van der Waals surface area contributed by atoms with Crippen molar-refractivity contribution in [2.24, 2.45) is 0 Å². The van der Waals surface area contributed by atoms with Crippen LogP contribution in [0.2, 0.25) is 0 Å². The van der Waals surface area contributed by atoms with E-state index in [4.69, 9.17) is 23.8 Å². The summed E-state index contributed by atoms with van der Waals surface area (Å²) in [4.78, 5) is 117. The second kappa shape index (κ2) is 27.2. The number of pyridine rings is 1. The van der Waals surface area contributed by atoms with Crippen LogP contribution in [0.1, 0.15) is 78.8 Å². The van der Waals surface area contributed by atoms with E-state index in [1.807, 2.05) is 53.4 Å². The Morgan fingerprint density at radius 1 is 0.779 bits per heavy atom. The highest BCUT2D eigenvalue weighted by Gasteiger charge is 2.34. The van der Waals surface area contributed by atoms with Crippen LogP contribution >= 0.6 is 0 Å². The number of nitrogens with zero attached hydrogens (tertiary/aromatic N) is 6. The van der Waals surface area contributed by atoms with Gasteiger partial charge in [0.25, 0.3) is 17.7 Å². The molecule has 22 nitrogen and oxygen atoms in total. The maximum Gasteiger partial charge on any atom is 0.407 e. The Bertz CT molecular complexity index is 2790. The van der Waals surface area contributed by atoms with Crippen LogP contribution in [0.25, 0.3) is 22.0 Å². The van der Waals surface area contributed by atoms with Crippen molar-refractivity contribution in [1.82, 2.24) is 40.7 Å². The van der Waals surface area contributed by atoms with Crippen LogP contribution in [-0.4, -0.2) is 176 Å². The van der Waals surface area contributed by atoms with Crippen molar-refractivity contribution in [2.75, 3.05) is 92.0 Å². The summed E-state index contributed by atoms with van der Waals surface area (Å²) >= 11 is 0. The summed E-state index contributed by atoms with van der Waals surface area (Å²) < 4.78 is 23.0. The number of carbonyl (C=O) groups excluding carboxylic acids is 8. The Balaban J connectivity index is 0.684. The van der Waals surface area contributed by atoms with Crippen molar-refractivity contribution in [1.29, 1.82) is 5.26 Å². The van der Waals surface area contributed by atoms with E-state index in [2.05, 4.69) is 31.9 Å². The third-order valence-corrected chi connectivity index (χ3v) is 13.9. The van der Waals surface area contributed by atoms with Crippen molar-refractivity contribution in [3.05, 3.63) is 95.7 Å². The lowest BCUT2D eigenvalue weighted by Gasteiger charge is -2.34. The third kappa shape index (κ3) is 14.7. The fourth-order valence-corrected chi connectivity index (χ4v) is 9.79. The molecule has 3 saturated heterocycles. The van der Waals surface area contributed by atoms with Gasteiger partial charge >= 0.3 is 12.1 Å². The standard InChI is InChI=1S/C55H63N9O13/c56-34-37-7-5-23-63(37)51(68)35-59-53(70)43-18-20-57-46-13-12-38(33-44(43)46)75-28-6-22-61-24-26-62(27-25-61)48(65)19-29-73-31-32-74-30-21-58-54(71)47(14-17-52(69)77-64-49(66)15-16-50(64)67)60-55(72)76-36-45-41-10-3-1-8-39(41)40-9-2-4-11-42(40)45/h1-4,8-13,18,20,33,37,45,47H,5-7,14-17,19,21-32,35-36H2,(H,58,71)(H,59,70)(H,60,72)/t37-,47?/m0/s1.